The van der Waals surface area contributed by atoms with E-state index >= 15 is 0 Å². The van der Waals surface area contributed by atoms with Gasteiger partial charge in [-0.2, -0.15) is 0 Å². The van der Waals surface area contributed by atoms with Gasteiger partial charge in [0.15, 0.2) is 0 Å². The van der Waals surface area contributed by atoms with E-state index in [1.807, 2.05) is 16.8 Å². The Morgan fingerprint density at radius 3 is 2.87 bits per heavy atom. The van der Waals surface area contributed by atoms with E-state index in [1.54, 1.807) is 11.9 Å². The average molecular weight is 321 g/mol. The largest absolute Gasteiger partial charge is 0.367 e. The summed E-state index contributed by atoms with van der Waals surface area (Å²) in [5.41, 5.74) is 0.734. The number of aromatic nitrogens is 3. The summed E-state index contributed by atoms with van der Waals surface area (Å²) in [6.45, 7) is 0.841. The van der Waals surface area contributed by atoms with Crippen LogP contribution in [0, 0.1) is 5.92 Å². The number of fused-ring (bicyclic) bond motifs is 1. The first-order valence-corrected chi connectivity index (χ1v) is 8.16. The summed E-state index contributed by atoms with van der Waals surface area (Å²) >= 11 is 0. The predicted molar refractivity (Wildman–Crippen MR) is 84.7 cm³/mol. The van der Waals surface area contributed by atoms with Crippen LogP contribution in [-0.2, 0) is 6.54 Å². The number of rotatable bonds is 4. The zero-order chi connectivity index (χ0) is 16.0. The highest BCUT2D eigenvalue weighted by atomic mass is 19.3. The van der Waals surface area contributed by atoms with Crippen molar-refractivity contribution in [2.45, 2.75) is 37.8 Å². The molecule has 0 bridgehead atoms. The maximum Gasteiger partial charge on any atom is 0.265 e. The van der Waals surface area contributed by atoms with Gasteiger partial charge in [0.1, 0.15) is 17.8 Å². The normalized spacial score (nSPS) is 24.9. The molecule has 5 nitrogen and oxygen atoms in total. The van der Waals surface area contributed by atoms with Crippen molar-refractivity contribution in [2.24, 2.45) is 5.92 Å². The molecule has 0 spiro atoms. The van der Waals surface area contributed by atoms with Gasteiger partial charge < -0.3 is 14.8 Å². The second kappa shape index (κ2) is 5.40. The highest BCUT2D eigenvalue weighted by molar-refractivity contribution is 5.87. The van der Waals surface area contributed by atoms with Crippen LogP contribution in [-0.4, -0.2) is 51.5 Å². The summed E-state index contributed by atoms with van der Waals surface area (Å²) in [5, 5.41) is 4.29. The van der Waals surface area contributed by atoms with Crippen molar-refractivity contribution < 1.29 is 8.78 Å². The van der Waals surface area contributed by atoms with Gasteiger partial charge in [0, 0.05) is 24.7 Å². The van der Waals surface area contributed by atoms with Crippen molar-refractivity contribution in [3.8, 4) is 0 Å². The maximum absolute atomic E-state index is 14.3. The molecule has 1 aliphatic heterocycles. The van der Waals surface area contributed by atoms with Crippen LogP contribution < -0.4 is 5.32 Å². The minimum Gasteiger partial charge on any atom is -0.367 e. The van der Waals surface area contributed by atoms with Gasteiger partial charge in [0.05, 0.1) is 11.9 Å². The lowest BCUT2D eigenvalue weighted by Crippen LogP contribution is -2.48. The third-order valence-corrected chi connectivity index (χ3v) is 4.83. The van der Waals surface area contributed by atoms with Gasteiger partial charge in [0.2, 0.25) is 0 Å². The Morgan fingerprint density at radius 2 is 2.13 bits per heavy atom. The van der Waals surface area contributed by atoms with Crippen LogP contribution in [0.1, 0.15) is 19.3 Å². The fraction of sp³-hybridized carbons (Fsp3) is 0.625. The summed E-state index contributed by atoms with van der Waals surface area (Å²) in [4.78, 5) is 10.3. The molecule has 2 aromatic heterocycles. The average Bonchev–Trinajstić information content (AvgIpc) is 3.21. The van der Waals surface area contributed by atoms with Crippen molar-refractivity contribution in [1.82, 2.24) is 19.4 Å². The summed E-state index contributed by atoms with van der Waals surface area (Å²) in [6, 6.07) is 2.42. The lowest BCUT2D eigenvalue weighted by atomic mass is 9.93. The molecule has 2 aromatic rings. The van der Waals surface area contributed by atoms with Crippen LogP contribution >= 0.6 is 0 Å². The molecule has 1 N–H and O–H groups in total. The Morgan fingerprint density at radius 1 is 1.30 bits per heavy atom. The zero-order valence-electron chi connectivity index (χ0n) is 13.2. The van der Waals surface area contributed by atoms with Crippen LogP contribution in [0.4, 0.5) is 14.6 Å². The number of halogens is 2. The molecule has 3 heterocycles. The minimum absolute atomic E-state index is 0.166. The molecule has 1 saturated carbocycles. The van der Waals surface area contributed by atoms with Crippen molar-refractivity contribution in [3.63, 3.8) is 0 Å². The summed E-state index contributed by atoms with van der Waals surface area (Å²) in [6.07, 6.45) is 6.19. The van der Waals surface area contributed by atoms with E-state index in [0.29, 0.717) is 25.6 Å². The van der Waals surface area contributed by atoms with E-state index < -0.39 is 11.8 Å². The van der Waals surface area contributed by atoms with Gasteiger partial charge in [0.25, 0.3) is 5.92 Å². The Balaban J connectivity index is 1.59. The van der Waals surface area contributed by atoms with E-state index in [9.17, 15) is 8.78 Å². The molecule has 2 aliphatic rings. The molecule has 0 aromatic carbocycles. The summed E-state index contributed by atoms with van der Waals surface area (Å²) < 4.78 is 30.4. The quantitative estimate of drug-likeness (QED) is 0.940. The molecule has 4 rings (SSSR count). The molecule has 0 radical (unpaired) electrons. The molecule has 1 atom stereocenters. The van der Waals surface area contributed by atoms with Crippen molar-refractivity contribution >= 4 is 16.9 Å². The molecule has 0 amide bonds. The number of hydrogen-bond donors (Lipinski definition) is 1. The van der Waals surface area contributed by atoms with Gasteiger partial charge in [-0.15, -0.1) is 0 Å². The Hall–Kier alpha value is -1.76. The van der Waals surface area contributed by atoms with Crippen LogP contribution in [0.2, 0.25) is 0 Å². The van der Waals surface area contributed by atoms with E-state index in [2.05, 4.69) is 15.3 Å². The number of hydrogen-bond acceptors (Lipinski definition) is 4. The SMILES string of the molecule is CN1CCC(Cn2ccc3c(NC4CC4)ncnc32)C(F)(F)C1. The van der Waals surface area contributed by atoms with Crippen molar-refractivity contribution in [3.05, 3.63) is 18.6 Å². The predicted octanol–water partition coefficient (Wildman–Crippen LogP) is 2.59. The Labute approximate surface area is 133 Å². The van der Waals surface area contributed by atoms with E-state index in [4.69, 9.17) is 0 Å². The van der Waals surface area contributed by atoms with Crippen LogP contribution in [0.5, 0.6) is 0 Å². The number of nitrogens with one attached hydrogen (secondary N) is 1. The van der Waals surface area contributed by atoms with Gasteiger partial charge in [-0.3, -0.25) is 0 Å². The number of anilines is 1. The van der Waals surface area contributed by atoms with E-state index in [-0.39, 0.29) is 6.54 Å². The van der Waals surface area contributed by atoms with E-state index in [1.165, 1.54) is 6.33 Å². The number of piperidine rings is 1. The smallest absolute Gasteiger partial charge is 0.265 e. The number of alkyl halides is 2. The monoisotopic (exact) mass is 321 g/mol. The molecule has 1 saturated heterocycles. The van der Waals surface area contributed by atoms with Crippen molar-refractivity contribution in [2.75, 3.05) is 25.5 Å². The maximum atomic E-state index is 14.3. The fourth-order valence-electron chi connectivity index (χ4n) is 3.30. The highest BCUT2D eigenvalue weighted by Gasteiger charge is 2.43. The molecule has 1 aliphatic carbocycles. The lowest BCUT2D eigenvalue weighted by molar-refractivity contribution is -0.110. The molecule has 23 heavy (non-hydrogen) atoms. The third kappa shape index (κ3) is 2.89. The molecular weight excluding hydrogens is 300 g/mol. The standard InChI is InChI=1S/C16H21F2N5/c1-22-6-4-11(16(17,18)9-22)8-23-7-5-13-14(21-12-2-3-12)19-10-20-15(13)23/h5,7,10-12H,2-4,6,8-9H2,1H3,(H,19,20,21). The summed E-state index contributed by atoms with van der Waals surface area (Å²) in [5.74, 6) is -2.50. The first-order valence-electron chi connectivity index (χ1n) is 8.16. The number of likely N-dealkylation sites (tertiary alicyclic amines) is 1. The van der Waals surface area contributed by atoms with Crippen LogP contribution in [0.15, 0.2) is 18.6 Å². The first-order chi connectivity index (χ1) is 11.0. The van der Waals surface area contributed by atoms with Crippen LogP contribution in [0.3, 0.4) is 0 Å². The van der Waals surface area contributed by atoms with Gasteiger partial charge in [-0.05, 0) is 38.9 Å². The van der Waals surface area contributed by atoms with Gasteiger partial charge in [-0.25, -0.2) is 18.7 Å². The minimum atomic E-state index is -2.66. The molecule has 2 fully saturated rings. The van der Waals surface area contributed by atoms with Crippen LogP contribution in [0.25, 0.3) is 11.0 Å². The zero-order valence-corrected chi connectivity index (χ0v) is 13.2. The topological polar surface area (TPSA) is 46.0 Å². The molecular formula is C16H21F2N5. The molecule has 124 valence electrons. The Kier molecular flexibility index (Phi) is 3.48. The highest BCUT2D eigenvalue weighted by Crippen LogP contribution is 2.35. The van der Waals surface area contributed by atoms with Gasteiger partial charge in [-0.1, -0.05) is 0 Å². The second-order valence-electron chi connectivity index (χ2n) is 6.83. The number of nitrogens with zero attached hydrogens (tertiary/aromatic N) is 4. The molecule has 7 heteroatoms. The second-order valence-corrected chi connectivity index (χ2v) is 6.83. The van der Waals surface area contributed by atoms with E-state index in [0.717, 1.165) is 29.7 Å². The van der Waals surface area contributed by atoms with Crippen molar-refractivity contribution in [1.29, 1.82) is 0 Å². The summed E-state index contributed by atoms with van der Waals surface area (Å²) in [7, 11) is 1.75. The first kappa shape index (κ1) is 14.8. The fourth-order valence-corrected chi connectivity index (χ4v) is 3.30. The third-order valence-electron chi connectivity index (χ3n) is 4.83. The Bertz CT molecular complexity index is 710. The molecule has 1 unspecified atom stereocenters. The van der Waals surface area contributed by atoms with Gasteiger partial charge >= 0.3 is 0 Å². The lowest BCUT2D eigenvalue weighted by Gasteiger charge is -2.36.